The fraction of sp³-hybridized carbons (Fsp3) is 0.188. The number of halogens is 1. The molecule has 0 saturated carbocycles. The Kier molecular flexibility index (Phi) is 3.65. The number of carbonyl (C=O) groups is 1. The molecule has 0 saturated heterocycles. The highest BCUT2D eigenvalue weighted by Gasteiger charge is 2.18. The van der Waals surface area contributed by atoms with Gasteiger partial charge in [0.05, 0.1) is 12.7 Å². The molecule has 0 fully saturated rings. The van der Waals surface area contributed by atoms with E-state index in [1.54, 1.807) is 18.2 Å². The van der Waals surface area contributed by atoms with E-state index in [-0.39, 0.29) is 17.1 Å². The second-order valence-electron chi connectivity index (χ2n) is 4.40. The van der Waals surface area contributed by atoms with E-state index in [0.717, 1.165) is 11.1 Å². The monoisotopic (exact) mass is 258 g/mol. The minimum Gasteiger partial charge on any atom is -0.494 e. The summed E-state index contributed by atoms with van der Waals surface area (Å²) in [6.45, 7) is 3.79. The predicted molar refractivity (Wildman–Crippen MR) is 72.3 cm³/mol. The van der Waals surface area contributed by atoms with Crippen LogP contribution in [0.5, 0.6) is 5.75 Å². The third kappa shape index (κ3) is 2.36. The van der Waals surface area contributed by atoms with Crippen molar-refractivity contribution in [1.82, 2.24) is 0 Å². The van der Waals surface area contributed by atoms with Gasteiger partial charge in [-0.1, -0.05) is 24.3 Å². The molecule has 0 bridgehead atoms. The van der Waals surface area contributed by atoms with E-state index in [9.17, 15) is 9.18 Å². The third-order valence-corrected chi connectivity index (χ3v) is 3.28. The fourth-order valence-corrected chi connectivity index (χ4v) is 1.99. The summed E-state index contributed by atoms with van der Waals surface area (Å²) in [5.41, 5.74) is 2.43. The van der Waals surface area contributed by atoms with E-state index in [1.807, 2.05) is 19.9 Å². The van der Waals surface area contributed by atoms with Gasteiger partial charge in [-0.25, -0.2) is 4.39 Å². The number of ether oxygens (including phenoxy) is 1. The lowest BCUT2D eigenvalue weighted by Crippen LogP contribution is -2.08. The van der Waals surface area contributed by atoms with Gasteiger partial charge >= 0.3 is 0 Å². The zero-order chi connectivity index (χ0) is 14.0. The first-order valence-electron chi connectivity index (χ1n) is 5.99. The smallest absolute Gasteiger partial charge is 0.196 e. The van der Waals surface area contributed by atoms with E-state index >= 15 is 0 Å². The van der Waals surface area contributed by atoms with Crippen LogP contribution in [-0.2, 0) is 0 Å². The Morgan fingerprint density at radius 2 is 1.68 bits per heavy atom. The topological polar surface area (TPSA) is 26.3 Å². The summed E-state index contributed by atoms with van der Waals surface area (Å²) in [5, 5.41) is 0. The highest BCUT2D eigenvalue weighted by molar-refractivity contribution is 6.10. The summed E-state index contributed by atoms with van der Waals surface area (Å²) in [4.78, 5) is 12.4. The van der Waals surface area contributed by atoms with Crippen LogP contribution in [0.1, 0.15) is 27.0 Å². The molecule has 0 radical (unpaired) electrons. The number of methoxy groups -OCH3 is 1. The van der Waals surface area contributed by atoms with Crippen LogP contribution in [0.25, 0.3) is 0 Å². The van der Waals surface area contributed by atoms with Crippen LogP contribution < -0.4 is 4.74 Å². The molecule has 0 amide bonds. The van der Waals surface area contributed by atoms with Crippen LogP contribution >= 0.6 is 0 Å². The molecular formula is C16H15FO2. The Morgan fingerprint density at radius 1 is 1.05 bits per heavy atom. The van der Waals surface area contributed by atoms with Crippen molar-refractivity contribution in [3.63, 3.8) is 0 Å². The molecule has 0 aliphatic heterocycles. The zero-order valence-corrected chi connectivity index (χ0v) is 11.2. The molecule has 0 aliphatic rings. The summed E-state index contributed by atoms with van der Waals surface area (Å²) in [7, 11) is 1.38. The number of benzene rings is 2. The number of aryl methyl sites for hydroxylation is 1. The van der Waals surface area contributed by atoms with Crippen molar-refractivity contribution in [2.45, 2.75) is 13.8 Å². The van der Waals surface area contributed by atoms with Gasteiger partial charge in [0.1, 0.15) is 0 Å². The Morgan fingerprint density at radius 3 is 2.37 bits per heavy atom. The number of carbonyl (C=O) groups excluding carboxylic acids is 1. The van der Waals surface area contributed by atoms with Crippen LogP contribution in [0, 0.1) is 19.7 Å². The maximum Gasteiger partial charge on any atom is 0.196 e. The lowest BCUT2D eigenvalue weighted by atomic mass is 9.96. The standard InChI is InChI=1S/C16H15FO2/c1-10-6-4-7-12(11(10)2)16(18)13-8-5-9-14(19-3)15(13)17/h4-9H,1-3H3. The van der Waals surface area contributed by atoms with Crippen LogP contribution in [0.4, 0.5) is 4.39 Å². The van der Waals surface area contributed by atoms with Gasteiger partial charge in [0.15, 0.2) is 17.3 Å². The fourth-order valence-electron chi connectivity index (χ4n) is 1.99. The maximum absolute atomic E-state index is 14.1. The molecule has 2 aromatic carbocycles. The van der Waals surface area contributed by atoms with E-state index in [4.69, 9.17) is 4.74 Å². The first kappa shape index (κ1) is 13.3. The van der Waals surface area contributed by atoms with E-state index in [1.165, 1.54) is 19.2 Å². The molecular weight excluding hydrogens is 243 g/mol. The molecule has 0 N–H and O–H groups in total. The highest BCUT2D eigenvalue weighted by Crippen LogP contribution is 2.24. The maximum atomic E-state index is 14.1. The third-order valence-electron chi connectivity index (χ3n) is 3.28. The summed E-state index contributed by atoms with van der Waals surface area (Å²) < 4.78 is 19.0. The van der Waals surface area contributed by atoms with E-state index in [0.29, 0.717) is 5.56 Å². The van der Waals surface area contributed by atoms with Gasteiger partial charge in [0.2, 0.25) is 0 Å². The molecule has 0 spiro atoms. The number of hydrogen-bond acceptors (Lipinski definition) is 2. The Bertz CT molecular complexity index is 633. The highest BCUT2D eigenvalue weighted by atomic mass is 19.1. The average Bonchev–Trinajstić information content (AvgIpc) is 2.41. The molecule has 0 heterocycles. The molecule has 2 rings (SSSR count). The van der Waals surface area contributed by atoms with Gasteiger partial charge in [0, 0.05) is 5.56 Å². The van der Waals surface area contributed by atoms with Crippen LogP contribution in [-0.4, -0.2) is 12.9 Å². The molecule has 19 heavy (non-hydrogen) atoms. The lowest BCUT2D eigenvalue weighted by molar-refractivity contribution is 0.103. The average molecular weight is 258 g/mol. The number of ketones is 1. The van der Waals surface area contributed by atoms with E-state index in [2.05, 4.69) is 0 Å². The number of hydrogen-bond donors (Lipinski definition) is 0. The van der Waals surface area contributed by atoms with Crippen molar-refractivity contribution in [3.05, 3.63) is 64.5 Å². The SMILES string of the molecule is COc1cccc(C(=O)c2cccc(C)c2C)c1F. The van der Waals surface area contributed by atoms with E-state index < -0.39 is 5.82 Å². The molecule has 0 unspecified atom stereocenters. The zero-order valence-electron chi connectivity index (χ0n) is 11.2. The normalized spacial score (nSPS) is 10.3. The summed E-state index contributed by atoms with van der Waals surface area (Å²) in [5.74, 6) is -0.857. The van der Waals surface area contributed by atoms with Gasteiger partial charge in [-0.2, -0.15) is 0 Å². The first-order valence-corrected chi connectivity index (χ1v) is 5.99. The van der Waals surface area contributed by atoms with Gasteiger partial charge in [-0.05, 0) is 37.1 Å². The molecule has 3 heteroatoms. The Balaban J connectivity index is 2.54. The summed E-state index contributed by atoms with van der Waals surface area (Å²) in [6.07, 6.45) is 0. The molecule has 98 valence electrons. The lowest BCUT2D eigenvalue weighted by Gasteiger charge is -2.10. The quantitative estimate of drug-likeness (QED) is 0.785. The minimum absolute atomic E-state index is 0.0352. The summed E-state index contributed by atoms with van der Waals surface area (Å²) >= 11 is 0. The van der Waals surface area contributed by atoms with Gasteiger partial charge in [-0.15, -0.1) is 0 Å². The van der Waals surface area contributed by atoms with Crippen LogP contribution in [0.2, 0.25) is 0 Å². The minimum atomic E-state index is -0.615. The van der Waals surface area contributed by atoms with Gasteiger partial charge in [0.25, 0.3) is 0 Å². The predicted octanol–water partition coefficient (Wildman–Crippen LogP) is 3.68. The van der Waals surface area contributed by atoms with Crippen molar-refractivity contribution in [2.24, 2.45) is 0 Å². The second-order valence-corrected chi connectivity index (χ2v) is 4.40. The van der Waals surface area contributed by atoms with Crippen molar-refractivity contribution in [3.8, 4) is 5.75 Å². The van der Waals surface area contributed by atoms with Crippen molar-refractivity contribution in [2.75, 3.05) is 7.11 Å². The van der Waals surface area contributed by atoms with Gasteiger partial charge in [-0.3, -0.25) is 4.79 Å². The second kappa shape index (κ2) is 5.22. The summed E-state index contributed by atoms with van der Waals surface area (Å²) in [6, 6.07) is 10.0. The van der Waals surface area contributed by atoms with Crippen LogP contribution in [0.3, 0.4) is 0 Å². The van der Waals surface area contributed by atoms with Crippen molar-refractivity contribution in [1.29, 1.82) is 0 Å². The molecule has 0 atom stereocenters. The molecule has 0 aliphatic carbocycles. The van der Waals surface area contributed by atoms with Crippen LogP contribution in [0.15, 0.2) is 36.4 Å². The largest absolute Gasteiger partial charge is 0.494 e. The Hall–Kier alpha value is -2.16. The van der Waals surface area contributed by atoms with Crippen molar-refractivity contribution < 1.29 is 13.9 Å². The van der Waals surface area contributed by atoms with Crippen molar-refractivity contribution >= 4 is 5.78 Å². The molecule has 2 nitrogen and oxygen atoms in total. The number of rotatable bonds is 3. The molecule has 2 aromatic rings. The molecule has 0 aromatic heterocycles. The van der Waals surface area contributed by atoms with Gasteiger partial charge < -0.3 is 4.74 Å². The Labute approximate surface area is 111 Å². The first-order chi connectivity index (χ1) is 9.06.